The molecule has 2 aliphatic heterocycles. The summed E-state index contributed by atoms with van der Waals surface area (Å²) in [5.74, 6) is 2.53. The van der Waals surface area contributed by atoms with Crippen molar-refractivity contribution in [3.8, 4) is 33.5 Å². The molecule has 4 N–H and O–H groups in total. The Morgan fingerprint density at radius 3 is 2.00 bits per heavy atom. The Labute approximate surface area is 379 Å². The van der Waals surface area contributed by atoms with E-state index >= 15 is 0 Å². The zero-order valence-electron chi connectivity index (χ0n) is 38.1. The van der Waals surface area contributed by atoms with Crippen molar-refractivity contribution in [3.05, 3.63) is 83.6 Å². The van der Waals surface area contributed by atoms with Crippen LogP contribution in [0.4, 0.5) is 9.59 Å². The molecule has 0 spiro atoms. The van der Waals surface area contributed by atoms with Gasteiger partial charge in [-0.3, -0.25) is 9.59 Å². The summed E-state index contributed by atoms with van der Waals surface area (Å²) in [5.41, 5.74) is 11.6. The van der Waals surface area contributed by atoms with Crippen LogP contribution in [-0.2, 0) is 19.1 Å². The fourth-order valence-electron chi connectivity index (χ4n) is 12.1. The monoisotopic (exact) mass is 880 g/mol. The van der Waals surface area contributed by atoms with Gasteiger partial charge in [-0.25, -0.2) is 19.6 Å². The number of aromatic amines is 2. The number of hydrogen-bond donors (Lipinski definition) is 4. The summed E-state index contributed by atoms with van der Waals surface area (Å²) in [6, 6.07) is 18.3. The van der Waals surface area contributed by atoms with Crippen molar-refractivity contribution in [1.29, 1.82) is 0 Å². The fourth-order valence-corrected chi connectivity index (χ4v) is 12.1. The van der Waals surface area contributed by atoms with E-state index in [1.54, 1.807) is 0 Å². The molecule has 4 heterocycles. The molecule has 2 saturated heterocycles. The summed E-state index contributed by atoms with van der Waals surface area (Å²) in [7, 11) is 2.62. The second-order valence-electron chi connectivity index (χ2n) is 19.6. The van der Waals surface area contributed by atoms with Crippen molar-refractivity contribution in [1.82, 2.24) is 40.4 Å². The van der Waals surface area contributed by atoms with Gasteiger partial charge in [-0.1, -0.05) is 70.2 Å². The molecule has 2 aromatic heterocycles. The summed E-state index contributed by atoms with van der Waals surface area (Å²) < 4.78 is 9.68. The second kappa shape index (κ2) is 17.0. The number of nitrogens with zero attached hydrogens (tertiary/aromatic N) is 4. The van der Waals surface area contributed by atoms with Crippen molar-refractivity contribution in [2.75, 3.05) is 20.8 Å². The quantitative estimate of drug-likeness (QED) is 0.102. The van der Waals surface area contributed by atoms with Gasteiger partial charge in [0.1, 0.15) is 23.7 Å². The van der Waals surface area contributed by atoms with Crippen LogP contribution in [0.3, 0.4) is 0 Å². The van der Waals surface area contributed by atoms with Gasteiger partial charge in [0.05, 0.1) is 49.2 Å². The van der Waals surface area contributed by atoms with Gasteiger partial charge < -0.3 is 39.9 Å². The number of methoxy groups -OCH3 is 2. The highest BCUT2D eigenvalue weighted by Gasteiger charge is 2.51. The number of nitrogens with one attached hydrogen (secondary N) is 4. The van der Waals surface area contributed by atoms with Crippen LogP contribution in [0.1, 0.15) is 126 Å². The summed E-state index contributed by atoms with van der Waals surface area (Å²) >= 11 is 0. The number of amides is 4. The zero-order valence-corrected chi connectivity index (χ0v) is 38.1. The predicted molar refractivity (Wildman–Crippen MR) is 247 cm³/mol. The molecule has 4 fully saturated rings. The summed E-state index contributed by atoms with van der Waals surface area (Å²) in [6.07, 6.45) is 8.85. The van der Waals surface area contributed by atoms with Gasteiger partial charge in [-0.2, -0.15) is 0 Å². The van der Waals surface area contributed by atoms with E-state index < -0.39 is 24.3 Å². The lowest BCUT2D eigenvalue weighted by molar-refractivity contribution is -0.139. The van der Waals surface area contributed by atoms with Crippen LogP contribution in [0.2, 0.25) is 0 Å². The molecular formula is C51H60N8O6. The summed E-state index contributed by atoms with van der Waals surface area (Å²) in [4.78, 5) is 73.1. The molecule has 14 heteroatoms. The molecule has 10 rings (SSSR count). The van der Waals surface area contributed by atoms with Crippen molar-refractivity contribution in [2.45, 2.75) is 121 Å². The SMILES string of the molecule is COC(=O)N[C@H](C(=O)N1CCC[C@H]1c1nc2ccc(-c3ccc(-c4ccc(-c5cnc([C@@H]6C7CCC(C7)N6C(=O)[C@@H](NC(=O)OC)C(C)C)[nH]5)cc4)c4c3C3CCC4C3)cc2[nH]1)C(C)C. The number of fused-ring (bicyclic) bond motifs is 8. The number of carbonyl (C=O) groups is 4. The Morgan fingerprint density at radius 2 is 1.34 bits per heavy atom. The molecule has 4 bridgehead atoms. The Kier molecular flexibility index (Phi) is 11.2. The standard InChI is InChI=1S/C51H60N8O6/c1-26(2)43(56-50(62)64-5)48(60)58-21-7-8-40(58)46-53-37-20-16-30(24-38(37)54-46)36-19-18-35(41-31-13-14-32(22-31)42(36)41)28-9-11-29(12-10-28)39-25-52-47(55-39)45-33-15-17-34(23-33)59(45)49(61)44(27(3)4)57-51(63)65-6/h9-12,16,18-20,24-27,31-34,40,43-45H,7-8,13-15,17,21-23H2,1-6H3,(H,52,55)(H,53,54)(H,56,62)(H,57,63)/t31?,32?,33?,34?,40-,43-,44-,45-/m0/s1. The number of likely N-dealkylation sites (tertiary alicyclic amines) is 2. The third-order valence-corrected chi connectivity index (χ3v) is 15.2. The van der Waals surface area contributed by atoms with Crippen LogP contribution in [0.5, 0.6) is 0 Å². The Morgan fingerprint density at radius 1 is 0.708 bits per heavy atom. The lowest BCUT2D eigenvalue weighted by Crippen LogP contribution is -2.54. The first-order valence-electron chi connectivity index (χ1n) is 23.6. The smallest absolute Gasteiger partial charge is 0.407 e. The number of alkyl carbamates (subject to hydrolysis) is 2. The molecule has 340 valence electrons. The molecule has 3 aromatic carbocycles. The van der Waals surface area contributed by atoms with Crippen molar-refractivity contribution < 1.29 is 28.7 Å². The minimum Gasteiger partial charge on any atom is -0.453 e. The molecule has 0 radical (unpaired) electrons. The number of aromatic nitrogens is 4. The van der Waals surface area contributed by atoms with Gasteiger partial charge in [-0.05, 0) is 132 Å². The van der Waals surface area contributed by atoms with E-state index in [2.05, 4.69) is 75.2 Å². The van der Waals surface area contributed by atoms with E-state index in [1.807, 2.05) is 43.7 Å². The Balaban J connectivity index is 0.896. The third kappa shape index (κ3) is 7.52. The molecular weight excluding hydrogens is 821 g/mol. The van der Waals surface area contributed by atoms with Gasteiger partial charge in [-0.15, -0.1) is 0 Å². The van der Waals surface area contributed by atoms with E-state index in [-0.39, 0.29) is 41.8 Å². The molecule has 4 unspecified atom stereocenters. The van der Waals surface area contributed by atoms with E-state index in [4.69, 9.17) is 19.4 Å². The highest BCUT2D eigenvalue weighted by molar-refractivity contribution is 5.89. The normalized spacial score (nSPS) is 23.9. The second-order valence-corrected chi connectivity index (χ2v) is 19.6. The number of piperidine rings is 1. The highest BCUT2D eigenvalue weighted by Crippen LogP contribution is 2.58. The lowest BCUT2D eigenvalue weighted by Gasteiger charge is -2.37. The van der Waals surface area contributed by atoms with Crippen molar-refractivity contribution >= 4 is 35.0 Å². The van der Waals surface area contributed by atoms with E-state index in [1.165, 1.54) is 61.3 Å². The zero-order chi connectivity index (χ0) is 45.3. The first-order chi connectivity index (χ1) is 31.4. The summed E-state index contributed by atoms with van der Waals surface area (Å²) in [6.45, 7) is 8.34. The third-order valence-electron chi connectivity index (χ3n) is 15.2. The lowest BCUT2D eigenvalue weighted by atomic mass is 9.81. The first-order valence-corrected chi connectivity index (χ1v) is 23.6. The largest absolute Gasteiger partial charge is 0.453 e. The van der Waals surface area contributed by atoms with Gasteiger partial charge >= 0.3 is 12.2 Å². The molecule has 5 aromatic rings. The fraction of sp³-hybridized carbons (Fsp3) is 0.490. The van der Waals surface area contributed by atoms with Gasteiger partial charge in [0.2, 0.25) is 11.8 Å². The average molecular weight is 881 g/mol. The van der Waals surface area contributed by atoms with Gasteiger partial charge in [0.15, 0.2) is 0 Å². The number of benzene rings is 3. The maximum absolute atomic E-state index is 14.1. The Hall–Kier alpha value is -6.18. The summed E-state index contributed by atoms with van der Waals surface area (Å²) in [5, 5.41) is 5.52. The molecule has 3 aliphatic carbocycles. The van der Waals surface area contributed by atoms with E-state index in [0.29, 0.717) is 24.3 Å². The minimum absolute atomic E-state index is 0.0815. The van der Waals surface area contributed by atoms with Gasteiger partial charge in [0, 0.05) is 12.6 Å². The number of H-pyrrole nitrogens is 2. The number of carbonyl (C=O) groups excluding carboxylic acids is 4. The molecule has 5 aliphatic rings. The van der Waals surface area contributed by atoms with Crippen LogP contribution in [0.25, 0.3) is 44.5 Å². The van der Waals surface area contributed by atoms with Crippen LogP contribution in [0.15, 0.2) is 60.8 Å². The van der Waals surface area contributed by atoms with Crippen LogP contribution in [-0.4, -0.2) is 92.6 Å². The average Bonchev–Trinajstić information content (AvgIpc) is 4.18. The minimum atomic E-state index is -0.687. The van der Waals surface area contributed by atoms with Crippen molar-refractivity contribution in [2.24, 2.45) is 17.8 Å². The molecule has 14 nitrogen and oxygen atoms in total. The van der Waals surface area contributed by atoms with Crippen LogP contribution in [0, 0.1) is 17.8 Å². The maximum atomic E-state index is 14.1. The molecule has 65 heavy (non-hydrogen) atoms. The van der Waals surface area contributed by atoms with E-state index in [0.717, 1.165) is 71.6 Å². The topological polar surface area (TPSA) is 175 Å². The number of imidazole rings is 2. The van der Waals surface area contributed by atoms with Crippen LogP contribution < -0.4 is 10.6 Å². The molecule has 2 saturated carbocycles. The first kappa shape index (κ1) is 42.8. The van der Waals surface area contributed by atoms with Crippen LogP contribution >= 0.6 is 0 Å². The Bertz CT molecular complexity index is 2650. The van der Waals surface area contributed by atoms with Crippen molar-refractivity contribution in [3.63, 3.8) is 0 Å². The molecule has 8 atom stereocenters. The predicted octanol–water partition coefficient (Wildman–Crippen LogP) is 9.13. The van der Waals surface area contributed by atoms with Gasteiger partial charge in [0.25, 0.3) is 0 Å². The number of rotatable bonds is 11. The van der Waals surface area contributed by atoms with E-state index in [9.17, 15) is 19.2 Å². The highest BCUT2D eigenvalue weighted by atomic mass is 16.5. The number of hydrogen-bond acceptors (Lipinski definition) is 8. The number of ether oxygens (including phenoxy) is 2. The molecule has 4 amide bonds. The maximum Gasteiger partial charge on any atom is 0.407 e.